The average molecular weight is 1040 g/mol. The molecule has 7 rings (SSSR count). The van der Waals surface area contributed by atoms with Gasteiger partial charge in [-0.2, -0.15) is 0 Å². The van der Waals surface area contributed by atoms with E-state index in [1.54, 1.807) is 28.1 Å². The first-order chi connectivity index (χ1) is 33.7. The smallest absolute Gasteiger partial charge is 0.330 e. The molecule has 0 amide bonds. The second-order valence-corrected chi connectivity index (χ2v) is 26.6. The van der Waals surface area contributed by atoms with E-state index in [1.807, 2.05) is 92.0 Å². The minimum atomic E-state index is -3.83. The number of benzene rings is 3. The van der Waals surface area contributed by atoms with Gasteiger partial charge in [0.25, 0.3) is 11.1 Å². The molecule has 0 radical (unpaired) electrons. The first-order valence-electron chi connectivity index (χ1n) is 23.2. The van der Waals surface area contributed by atoms with Crippen LogP contribution in [0.25, 0.3) is 0 Å². The van der Waals surface area contributed by atoms with Gasteiger partial charge in [-0.05, 0) is 84.7 Å². The van der Waals surface area contributed by atoms with E-state index in [-0.39, 0.29) is 37.7 Å². The molecule has 382 valence electrons. The van der Waals surface area contributed by atoms with E-state index >= 15 is 0 Å². The molecule has 2 N–H and O–H groups in total. The Morgan fingerprint density at radius 2 is 1.21 bits per heavy atom. The normalized spacial score (nSPS) is 21.5. The summed E-state index contributed by atoms with van der Waals surface area (Å²) in [5, 5.41) is -0.205. The van der Waals surface area contributed by atoms with E-state index in [9.17, 15) is 19.2 Å². The monoisotopic (exact) mass is 1030 g/mol. The Kier molecular flexibility index (Phi) is 16.9. The summed E-state index contributed by atoms with van der Waals surface area (Å²) < 4.78 is 59.9. The highest BCUT2D eigenvalue weighted by Crippen LogP contribution is 2.55. The third-order valence-corrected chi connectivity index (χ3v) is 19.6. The molecular weight excluding hydrogens is 972 g/mol. The largest absolute Gasteiger partial charge is 0.497 e. The van der Waals surface area contributed by atoms with Crippen LogP contribution in [0.4, 0.5) is 0 Å². The number of aromatic nitrogens is 4. The molecule has 18 nitrogen and oxygen atoms in total. The number of ether oxygens (including phenoxy) is 5. The highest BCUT2D eigenvalue weighted by Gasteiger charge is 2.47. The molecule has 2 saturated heterocycles. The fourth-order valence-corrected chi connectivity index (χ4v) is 10.7. The molecule has 2 fully saturated rings. The molecule has 4 heterocycles. The molecule has 5 aromatic rings. The summed E-state index contributed by atoms with van der Waals surface area (Å²) in [5.74, 6) is 1.29. The maximum absolute atomic E-state index is 13.4. The van der Waals surface area contributed by atoms with Crippen LogP contribution in [-0.2, 0) is 54.7 Å². The minimum absolute atomic E-state index is 0.0462. The van der Waals surface area contributed by atoms with E-state index in [1.165, 1.54) is 27.6 Å². The number of hydrogen-bond donors (Lipinski definition) is 2. The third-order valence-electron chi connectivity index (χ3n) is 13.1. The number of rotatable bonds is 21. The number of hydrogen-bond acceptors (Lipinski definition) is 15. The Labute approximate surface area is 418 Å². The summed E-state index contributed by atoms with van der Waals surface area (Å²) in [7, 11) is 0.722. The van der Waals surface area contributed by atoms with Crippen LogP contribution in [0.2, 0.25) is 18.1 Å². The molecule has 0 bridgehead atoms. The lowest BCUT2D eigenvalue weighted by atomic mass is 9.80. The van der Waals surface area contributed by atoms with Crippen molar-refractivity contribution in [3.63, 3.8) is 0 Å². The number of aryl methyl sites for hydroxylation is 2. The number of nitrogens with zero attached hydrogens (tertiary/aromatic N) is 2. The zero-order valence-corrected chi connectivity index (χ0v) is 44.1. The van der Waals surface area contributed by atoms with E-state index < -0.39 is 80.0 Å². The molecule has 71 heavy (non-hydrogen) atoms. The van der Waals surface area contributed by atoms with Gasteiger partial charge in [0, 0.05) is 36.4 Å². The summed E-state index contributed by atoms with van der Waals surface area (Å²) in [5.41, 5.74) is -0.721. The highest BCUT2D eigenvalue weighted by molar-refractivity contribution is 8.07. The Morgan fingerprint density at radius 3 is 1.69 bits per heavy atom. The van der Waals surface area contributed by atoms with E-state index in [0.717, 1.165) is 16.7 Å². The second kappa shape index (κ2) is 22.3. The molecule has 0 saturated carbocycles. The van der Waals surface area contributed by atoms with Gasteiger partial charge in [0.1, 0.15) is 47.9 Å². The van der Waals surface area contributed by atoms with Crippen molar-refractivity contribution >= 4 is 26.8 Å². The van der Waals surface area contributed by atoms with Crippen LogP contribution < -0.4 is 32.0 Å². The quantitative estimate of drug-likeness (QED) is 0.0183. The number of methoxy groups -OCH3 is 2. The molecule has 3 aromatic carbocycles. The number of H-pyrrole nitrogens is 2. The van der Waals surface area contributed by atoms with Crippen LogP contribution >= 0.6 is 6.72 Å². The van der Waals surface area contributed by atoms with Gasteiger partial charge in [-0.1, -0.05) is 81.4 Å². The van der Waals surface area contributed by atoms with Crippen molar-refractivity contribution in [3.8, 4) is 11.5 Å². The fraction of sp³-hybridized carbons (Fsp3) is 0.440. The zero-order chi connectivity index (χ0) is 51.3. The highest BCUT2D eigenvalue weighted by atomic mass is 32.5. The lowest BCUT2D eigenvalue weighted by Crippen LogP contribution is -2.43. The molecule has 2 aliphatic heterocycles. The summed E-state index contributed by atoms with van der Waals surface area (Å²) in [4.78, 5) is 62.2. The van der Waals surface area contributed by atoms with Gasteiger partial charge >= 0.3 is 18.1 Å². The van der Waals surface area contributed by atoms with Gasteiger partial charge in [0.05, 0.1) is 40.1 Å². The van der Waals surface area contributed by atoms with Gasteiger partial charge < -0.3 is 37.3 Å². The lowest BCUT2D eigenvalue weighted by Gasteiger charge is -2.37. The van der Waals surface area contributed by atoms with Crippen molar-refractivity contribution in [1.82, 2.24) is 19.1 Å². The van der Waals surface area contributed by atoms with Crippen molar-refractivity contribution in [2.24, 2.45) is 0 Å². The summed E-state index contributed by atoms with van der Waals surface area (Å²) in [6.45, 7) is 13.0. The molecule has 1 unspecified atom stereocenters. The van der Waals surface area contributed by atoms with Crippen LogP contribution in [0, 0.1) is 13.8 Å². The average Bonchev–Trinajstić information content (AvgIpc) is 3.95. The Hall–Kier alpha value is -5.09. The van der Waals surface area contributed by atoms with E-state index in [2.05, 4.69) is 37.3 Å². The second-order valence-electron chi connectivity index (χ2n) is 19.0. The predicted molar refractivity (Wildman–Crippen MR) is 272 cm³/mol. The number of nitrogens with one attached hydrogen (secondary N) is 2. The molecule has 0 spiro atoms. The van der Waals surface area contributed by atoms with Gasteiger partial charge in [0.2, 0.25) is 8.32 Å². The topological polar surface area (TPSA) is 202 Å². The SMILES string of the molecule is C=CCOP(=S)(OC[C@H]1O[C@@H](n2cc(C)c(=O)[nH]c2=O)C[C@@H]1OO[Si](C)(C)C(C)(C)C)O[C@H]1C[C@H](n2cc(C)c(=O)[nH]c2=O)O[C@@H]1COC(c1ccccc1)(c1ccc(OC)cc1)c1ccc(OC)cc1. The summed E-state index contributed by atoms with van der Waals surface area (Å²) in [6, 6.07) is 24.9. The van der Waals surface area contributed by atoms with Gasteiger partial charge in [-0.3, -0.25) is 33.3 Å². The predicted octanol–water partition coefficient (Wildman–Crippen LogP) is 7.46. The van der Waals surface area contributed by atoms with Gasteiger partial charge in [-0.25, -0.2) is 14.5 Å². The van der Waals surface area contributed by atoms with Crippen LogP contribution in [0.15, 0.2) is 123 Å². The zero-order valence-electron chi connectivity index (χ0n) is 41.4. The Morgan fingerprint density at radius 1 is 0.732 bits per heavy atom. The lowest BCUT2D eigenvalue weighted by molar-refractivity contribution is -0.268. The molecule has 2 aromatic heterocycles. The van der Waals surface area contributed by atoms with Crippen molar-refractivity contribution in [2.45, 2.75) is 108 Å². The van der Waals surface area contributed by atoms with Gasteiger partial charge in [0.15, 0.2) is 0 Å². The minimum Gasteiger partial charge on any atom is -0.497 e. The Balaban J connectivity index is 1.24. The first-order valence-corrected chi connectivity index (χ1v) is 28.6. The summed E-state index contributed by atoms with van der Waals surface area (Å²) in [6.07, 6.45) is -0.783. The van der Waals surface area contributed by atoms with E-state index in [0.29, 0.717) is 22.6 Å². The first kappa shape index (κ1) is 53.7. The molecular formula is C50H63N4O14PSSi. The van der Waals surface area contributed by atoms with Crippen LogP contribution in [0.5, 0.6) is 11.5 Å². The molecule has 21 heteroatoms. The number of aromatic amines is 2. The maximum atomic E-state index is 13.4. The summed E-state index contributed by atoms with van der Waals surface area (Å²) >= 11 is 6.18. The van der Waals surface area contributed by atoms with Crippen LogP contribution in [-0.4, -0.2) is 85.9 Å². The molecule has 7 atom stereocenters. The van der Waals surface area contributed by atoms with Gasteiger partial charge in [-0.15, -0.1) is 6.58 Å². The molecule has 2 aliphatic rings. The van der Waals surface area contributed by atoms with Crippen molar-refractivity contribution in [1.29, 1.82) is 0 Å². The maximum Gasteiger partial charge on any atom is 0.330 e. The standard InChI is InChI=1S/C50H63N4O14PSSi/c1-11-25-62-69(70,63-31-42-39(66-68-71(9,10)49(4,5)6)26-43(65-42)53-28-32(2)45(55)51-47(53)57)67-40-27-44(54-29-33(3)46(56)52-48(54)58)64-41(40)30-61-50(34-15-13-12-14-16-34,35-17-21-37(59-7)22-18-35)36-19-23-38(60-8)24-20-36/h11-24,28-29,39-44H,1,25-27,30-31H2,2-10H3,(H,51,55,57)(H,52,56,58)/t39-,40-,41+,42+,43+,44+,69?/m0/s1. The van der Waals surface area contributed by atoms with Crippen LogP contribution in [0.1, 0.15) is 73.9 Å². The van der Waals surface area contributed by atoms with E-state index in [4.69, 9.17) is 58.5 Å². The molecule has 0 aliphatic carbocycles. The fourth-order valence-electron chi connectivity index (χ4n) is 8.02. The Bertz CT molecular complexity index is 2870. The third kappa shape index (κ3) is 12.1. The van der Waals surface area contributed by atoms with Crippen molar-refractivity contribution in [3.05, 3.63) is 173 Å². The van der Waals surface area contributed by atoms with Crippen molar-refractivity contribution < 1.29 is 46.7 Å². The van der Waals surface area contributed by atoms with Crippen molar-refractivity contribution in [2.75, 3.05) is 34.0 Å². The van der Waals surface area contributed by atoms with Crippen LogP contribution in [0.3, 0.4) is 0 Å².